The monoisotopic (exact) mass is 271 g/mol. The van der Waals surface area contributed by atoms with E-state index in [1.54, 1.807) is 0 Å². The van der Waals surface area contributed by atoms with E-state index in [2.05, 4.69) is 36.4 Å². The largest absolute Gasteiger partial charge is 0.393 e. The molecule has 0 saturated heterocycles. The zero-order chi connectivity index (χ0) is 14.1. The Morgan fingerprint density at radius 3 is 2.60 bits per heavy atom. The molecule has 4 nitrogen and oxygen atoms in total. The molecule has 0 unspecified atom stereocenters. The van der Waals surface area contributed by atoms with Gasteiger partial charge in [0.2, 0.25) is 0 Å². The van der Waals surface area contributed by atoms with E-state index in [4.69, 9.17) is 0 Å². The molecule has 0 atom stereocenters. The van der Waals surface area contributed by atoms with Crippen LogP contribution in [-0.4, -0.2) is 27.0 Å². The van der Waals surface area contributed by atoms with Crippen LogP contribution in [0.4, 0.5) is 0 Å². The van der Waals surface area contributed by atoms with Gasteiger partial charge in [-0.3, -0.25) is 0 Å². The van der Waals surface area contributed by atoms with Crippen molar-refractivity contribution in [3.8, 4) is 5.69 Å². The van der Waals surface area contributed by atoms with E-state index in [0.717, 1.165) is 30.8 Å². The van der Waals surface area contributed by atoms with E-state index in [9.17, 15) is 5.11 Å². The summed E-state index contributed by atoms with van der Waals surface area (Å²) < 4.78 is 2.00. The summed E-state index contributed by atoms with van der Waals surface area (Å²) >= 11 is 0. The van der Waals surface area contributed by atoms with Crippen molar-refractivity contribution in [3.05, 3.63) is 47.3 Å². The third-order valence-electron chi connectivity index (χ3n) is 4.12. The molecule has 0 spiro atoms. The fraction of sp³-hybridized carbons (Fsp3) is 0.438. The summed E-state index contributed by atoms with van der Waals surface area (Å²) in [6.45, 7) is 4.99. The van der Waals surface area contributed by atoms with Gasteiger partial charge in [0.1, 0.15) is 0 Å². The smallest absolute Gasteiger partial charge is 0.0648 e. The van der Waals surface area contributed by atoms with Gasteiger partial charge in [0.15, 0.2) is 0 Å². The maximum absolute atomic E-state index is 9.32. The second-order valence-electron chi connectivity index (χ2n) is 5.60. The topological polar surface area (TPSA) is 50.1 Å². The minimum atomic E-state index is -0.110. The number of hydrogen-bond donors (Lipinski definition) is 2. The van der Waals surface area contributed by atoms with Crippen molar-refractivity contribution < 1.29 is 5.11 Å². The Labute approximate surface area is 119 Å². The molecule has 0 radical (unpaired) electrons. The average molecular weight is 271 g/mol. The summed E-state index contributed by atoms with van der Waals surface area (Å²) in [6.07, 6.45) is 1.62. The Morgan fingerprint density at radius 2 is 1.95 bits per heavy atom. The molecule has 2 aromatic rings. The molecule has 1 fully saturated rings. The van der Waals surface area contributed by atoms with Crippen LogP contribution in [0.15, 0.2) is 30.3 Å². The molecule has 3 rings (SSSR count). The normalized spacial score (nSPS) is 21.8. The molecule has 20 heavy (non-hydrogen) atoms. The Hall–Kier alpha value is -1.65. The predicted octanol–water partition coefficient (Wildman–Crippen LogP) is 2.10. The van der Waals surface area contributed by atoms with Gasteiger partial charge in [-0.2, -0.15) is 5.10 Å². The molecule has 0 bridgehead atoms. The standard InChI is InChI=1S/C16H21N3O/c1-11-16(10-17-13-8-15(20)9-13)12(2)19(18-11)14-6-4-3-5-7-14/h3-7,13,15,17,20H,8-10H2,1-2H3. The number of aryl methyl sites for hydroxylation is 1. The first kappa shape index (κ1) is 13.3. The first-order valence-corrected chi connectivity index (χ1v) is 7.17. The zero-order valence-electron chi connectivity index (χ0n) is 12.0. The van der Waals surface area contributed by atoms with Crippen LogP contribution in [0.2, 0.25) is 0 Å². The number of benzene rings is 1. The van der Waals surface area contributed by atoms with Crippen molar-refractivity contribution in [3.63, 3.8) is 0 Å². The third kappa shape index (κ3) is 2.49. The second-order valence-corrected chi connectivity index (χ2v) is 5.60. The lowest BCUT2D eigenvalue weighted by Gasteiger charge is -2.32. The molecule has 0 amide bonds. The van der Waals surface area contributed by atoms with Crippen LogP contribution in [0.1, 0.15) is 29.8 Å². The molecule has 1 saturated carbocycles. The first-order chi connectivity index (χ1) is 9.65. The van der Waals surface area contributed by atoms with Crippen molar-refractivity contribution in [1.82, 2.24) is 15.1 Å². The van der Waals surface area contributed by atoms with Crippen LogP contribution < -0.4 is 5.32 Å². The lowest BCUT2D eigenvalue weighted by Crippen LogP contribution is -2.43. The summed E-state index contributed by atoms with van der Waals surface area (Å²) in [6, 6.07) is 10.7. The molecule has 1 heterocycles. The predicted molar refractivity (Wildman–Crippen MR) is 78.9 cm³/mol. The van der Waals surface area contributed by atoms with Crippen LogP contribution >= 0.6 is 0 Å². The Morgan fingerprint density at radius 1 is 1.25 bits per heavy atom. The molecule has 1 aliphatic rings. The molecule has 1 aliphatic carbocycles. The van der Waals surface area contributed by atoms with Crippen LogP contribution in [0.25, 0.3) is 5.69 Å². The van der Waals surface area contributed by atoms with Crippen molar-refractivity contribution >= 4 is 0 Å². The highest BCUT2D eigenvalue weighted by atomic mass is 16.3. The molecule has 0 aliphatic heterocycles. The number of aliphatic hydroxyl groups is 1. The van der Waals surface area contributed by atoms with E-state index in [1.165, 1.54) is 11.3 Å². The number of aromatic nitrogens is 2. The number of para-hydroxylation sites is 1. The van der Waals surface area contributed by atoms with Gasteiger partial charge < -0.3 is 10.4 Å². The molecule has 4 heteroatoms. The fourth-order valence-corrected chi connectivity index (χ4v) is 2.75. The van der Waals surface area contributed by atoms with Crippen LogP contribution in [-0.2, 0) is 6.54 Å². The molecular formula is C16H21N3O. The van der Waals surface area contributed by atoms with Gasteiger partial charge in [-0.1, -0.05) is 18.2 Å². The average Bonchev–Trinajstić information content (AvgIpc) is 2.70. The fourth-order valence-electron chi connectivity index (χ4n) is 2.75. The van der Waals surface area contributed by atoms with Gasteiger partial charge in [-0.05, 0) is 38.8 Å². The van der Waals surface area contributed by atoms with Crippen molar-refractivity contribution in [2.24, 2.45) is 0 Å². The summed E-state index contributed by atoms with van der Waals surface area (Å²) in [5.41, 5.74) is 4.61. The van der Waals surface area contributed by atoms with Crippen molar-refractivity contribution in [1.29, 1.82) is 0 Å². The second kappa shape index (κ2) is 5.38. The van der Waals surface area contributed by atoms with Gasteiger partial charge in [0.25, 0.3) is 0 Å². The van der Waals surface area contributed by atoms with E-state index in [1.807, 2.05) is 22.9 Å². The maximum atomic E-state index is 9.32. The van der Waals surface area contributed by atoms with Crippen LogP contribution in [0, 0.1) is 13.8 Å². The lowest BCUT2D eigenvalue weighted by atomic mass is 9.89. The summed E-state index contributed by atoms with van der Waals surface area (Å²) in [7, 11) is 0. The van der Waals surface area contributed by atoms with Gasteiger partial charge in [0.05, 0.1) is 17.5 Å². The summed E-state index contributed by atoms with van der Waals surface area (Å²) in [4.78, 5) is 0. The molecular weight excluding hydrogens is 250 g/mol. The van der Waals surface area contributed by atoms with Crippen molar-refractivity contribution in [2.45, 2.75) is 45.4 Å². The van der Waals surface area contributed by atoms with E-state index >= 15 is 0 Å². The summed E-state index contributed by atoms with van der Waals surface area (Å²) in [5, 5.41) is 17.5. The van der Waals surface area contributed by atoms with Gasteiger partial charge in [0, 0.05) is 23.8 Å². The van der Waals surface area contributed by atoms with Crippen LogP contribution in [0.5, 0.6) is 0 Å². The van der Waals surface area contributed by atoms with Crippen molar-refractivity contribution in [2.75, 3.05) is 0 Å². The van der Waals surface area contributed by atoms with Gasteiger partial charge in [-0.25, -0.2) is 4.68 Å². The number of rotatable bonds is 4. The highest BCUT2D eigenvalue weighted by molar-refractivity contribution is 5.36. The molecule has 1 aromatic carbocycles. The highest BCUT2D eigenvalue weighted by Gasteiger charge is 2.27. The quantitative estimate of drug-likeness (QED) is 0.895. The number of nitrogens with zero attached hydrogens (tertiary/aromatic N) is 2. The van der Waals surface area contributed by atoms with Gasteiger partial charge in [-0.15, -0.1) is 0 Å². The summed E-state index contributed by atoms with van der Waals surface area (Å²) in [5.74, 6) is 0. The first-order valence-electron chi connectivity index (χ1n) is 7.17. The number of nitrogens with one attached hydrogen (secondary N) is 1. The lowest BCUT2D eigenvalue weighted by molar-refractivity contribution is 0.0619. The van der Waals surface area contributed by atoms with E-state index in [0.29, 0.717) is 6.04 Å². The SMILES string of the molecule is Cc1nn(-c2ccccc2)c(C)c1CNC1CC(O)C1. The molecule has 106 valence electrons. The Bertz CT molecular complexity index is 585. The Balaban J connectivity index is 1.77. The zero-order valence-corrected chi connectivity index (χ0v) is 12.0. The van der Waals surface area contributed by atoms with E-state index in [-0.39, 0.29) is 6.10 Å². The minimum Gasteiger partial charge on any atom is -0.393 e. The highest BCUT2D eigenvalue weighted by Crippen LogP contribution is 2.22. The Kier molecular flexibility index (Phi) is 3.59. The number of aliphatic hydroxyl groups excluding tert-OH is 1. The van der Waals surface area contributed by atoms with Crippen LogP contribution in [0.3, 0.4) is 0 Å². The maximum Gasteiger partial charge on any atom is 0.0648 e. The number of hydrogen-bond acceptors (Lipinski definition) is 3. The third-order valence-corrected chi connectivity index (χ3v) is 4.12. The molecule has 2 N–H and O–H groups in total. The molecule has 1 aromatic heterocycles. The van der Waals surface area contributed by atoms with E-state index < -0.39 is 0 Å². The minimum absolute atomic E-state index is 0.110. The van der Waals surface area contributed by atoms with Gasteiger partial charge >= 0.3 is 0 Å².